The lowest BCUT2D eigenvalue weighted by Gasteiger charge is -2.27. The van der Waals surface area contributed by atoms with Gasteiger partial charge in [-0.3, -0.25) is 9.80 Å². The van der Waals surface area contributed by atoms with Crippen molar-refractivity contribution >= 4 is 0 Å². The third kappa shape index (κ3) is 5.63. The normalized spacial score (nSPS) is 15.7. The first-order valence-electron chi connectivity index (χ1n) is 9.00. The molecule has 3 rings (SSSR count). The van der Waals surface area contributed by atoms with Gasteiger partial charge in [0.1, 0.15) is 5.82 Å². The van der Waals surface area contributed by atoms with Gasteiger partial charge in [0.2, 0.25) is 0 Å². The Hall–Kier alpha value is -1.75. The third-order valence-electron chi connectivity index (χ3n) is 4.66. The van der Waals surface area contributed by atoms with Gasteiger partial charge in [-0.25, -0.2) is 4.39 Å². The number of hydrogen-bond donors (Lipinski definition) is 1. The van der Waals surface area contributed by atoms with Crippen LogP contribution in [0.25, 0.3) is 0 Å². The second-order valence-corrected chi connectivity index (χ2v) is 7.09. The molecule has 1 aliphatic carbocycles. The molecule has 2 aromatic carbocycles. The molecule has 0 heterocycles. The molecule has 134 valence electrons. The summed E-state index contributed by atoms with van der Waals surface area (Å²) in [7, 11) is 2.02. The Kier molecular flexibility index (Phi) is 6.19. The van der Waals surface area contributed by atoms with Crippen LogP contribution in [0.4, 0.5) is 4.39 Å². The van der Waals surface area contributed by atoms with E-state index in [-0.39, 0.29) is 5.82 Å². The molecule has 1 saturated carbocycles. The minimum absolute atomic E-state index is 0.163. The molecule has 0 radical (unpaired) electrons. The summed E-state index contributed by atoms with van der Waals surface area (Å²) in [5.41, 5.74) is 1.95. The first-order chi connectivity index (χ1) is 12.1. The highest BCUT2D eigenvalue weighted by atomic mass is 19.1. The SMILES string of the molecule is CN(Cc1ccccc1)CC(O)CN(Cc1ccccc1F)C1CC1. The van der Waals surface area contributed by atoms with E-state index in [0.717, 1.165) is 19.4 Å². The molecule has 4 heteroatoms. The monoisotopic (exact) mass is 342 g/mol. The summed E-state index contributed by atoms with van der Waals surface area (Å²) in [6.45, 7) is 2.57. The lowest BCUT2D eigenvalue weighted by molar-refractivity contribution is 0.0733. The minimum atomic E-state index is -0.443. The molecule has 1 unspecified atom stereocenters. The van der Waals surface area contributed by atoms with E-state index >= 15 is 0 Å². The van der Waals surface area contributed by atoms with E-state index in [1.807, 2.05) is 37.4 Å². The van der Waals surface area contributed by atoms with Crippen LogP contribution in [0.5, 0.6) is 0 Å². The van der Waals surface area contributed by atoms with Gasteiger partial charge in [0.15, 0.2) is 0 Å². The first-order valence-corrected chi connectivity index (χ1v) is 9.00. The fourth-order valence-electron chi connectivity index (χ4n) is 3.28. The fourth-order valence-corrected chi connectivity index (χ4v) is 3.28. The van der Waals surface area contributed by atoms with E-state index in [9.17, 15) is 9.50 Å². The predicted octanol–water partition coefficient (Wildman–Crippen LogP) is 3.28. The quantitative estimate of drug-likeness (QED) is 0.758. The van der Waals surface area contributed by atoms with Crippen LogP contribution in [0, 0.1) is 5.82 Å². The van der Waals surface area contributed by atoms with Crippen molar-refractivity contribution in [3.05, 3.63) is 71.5 Å². The molecule has 1 N–H and O–H groups in total. The molecule has 1 atom stereocenters. The van der Waals surface area contributed by atoms with E-state index in [4.69, 9.17) is 0 Å². The summed E-state index contributed by atoms with van der Waals surface area (Å²) in [4.78, 5) is 4.35. The van der Waals surface area contributed by atoms with Gasteiger partial charge in [-0.05, 0) is 31.5 Å². The Morgan fingerprint density at radius 1 is 1.00 bits per heavy atom. The van der Waals surface area contributed by atoms with Gasteiger partial charge in [0, 0.05) is 37.8 Å². The smallest absolute Gasteiger partial charge is 0.127 e. The Morgan fingerprint density at radius 3 is 2.36 bits per heavy atom. The lowest BCUT2D eigenvalue weighted by Crippen LogP contribution is -2.39. The summed E-state index contributed by atoms with van der Waals surface area (Å²) in [6.07, 6.45) is 1.84. The van der Waals surface area contributed by atoms with Crippen LogP contribution < -0.4 is 0 Å². The third-order valence-corrected chi connectivity index (χ3v) is 4.66. The lowest BCUT2D eigenvalue weighted by atomic mass is 10.1. The second kappa shape index (κ2) is 8.56. The Morgan fingerprint density at radius 2 is 1.68 bits per heavy atom. The number of rotatable bonds is 9. The van der Waals surface area contributed by atoms with Gasteiger partial charge in [-0.15, -0.1) is 0 Å². The maximum absolute atomic E-state index is 13.9. The molecular weight excluding hydrogens is 315 g/mol. The van der Waals surface area contributed by atoms with Crippen molar-refractivity contribution in [1.29, 1.82) is 0 Å². The average molecular weight is 342 g/mol. The maximum Gasteiger partial charge on any atom is 0.127 e. The number of benzene rings is 2. The second-order valence-electron chi connectivity index (χ2n) is 7.09. The van der Waals surface area contributed by atoms with Gasteiger partial charge in [-0.2, -0.15) is 0 Å². The standard InChI is InChI=1S/C21H27FN2O/c1-23(13-17-7-3-2-4-8-17)15-20(25)16-24(19-11-12-19)14-18-9-5-6-10-21(18)22/h2-10,19-20,25H,11-16H2,1H3. The molecule has 1 aliphatic rings. The largest absolute Gasteiger partial charge is 0.390 e. The number of halogens is 1. The van der Waals surface area contributed by atoms with Crippen molar-refractivity contribution in [1.82, 2.24) is 9.80 Å². The average Bonchev–Trinajstić information content (AvgIpc) is 3.42. The Labute approximate surface area is 149 Å². The predicted molar refractivity (Wildman–Crippen MR) is 98.6 cm³/mol. The van der Waals surface area contributed by atoms with E-state index in [1.165, 1.54) is 11.6 Å². The Bertz CT molecular complexity index is 660. The molecule has 2 aromatic rings. The molecule has 0 bridgehead atoms. The number of aliphatic hydroxyl groups excluding tert-OH is 1. The number of aliphatic hydroxyl groups is 1. The van der Waals surface area contributed by atoms with Crippen LogP contribution in [-0.4, -0.2) is 47.2 Å². The molecular formula is C21H27FN2O. The van der Waals surface area contributed by atoms with Crippen molar-refractivity contribution in [2.75, 3.05) is 20.1 Å². The van der Waals surface area contributed by atoms with E-state index in [1.54, 1.807) is 6.07 Å². The topological polar surface area (TPSA) is 26.7 Å². The van der Waals surface area contributed by atoms with Gasteiger partial charge in [0.25, 0.3) is 0 Å². The van der Waals surface area contributed by atoms with Crippen LogP contribution in [0.15, 0.2) is 54.6 Å². The summed E-state index contributed by atoms with van der Waals surface area (Å²) >= 11 is 0. The number of likely N-dealkylation sites (N-methyl/N-ethyl adjacent to an activating group) is 1. The summed E-state index contributed by atoms with van der Waals surface area (Å²) in [5, 5.41) is 10.5. The van der Waals surface area contributed by atoms with Crippen molar-refractivity contribution in [2.24, 2.45) is 0 Å². The van der Waals surface area contributed by atoms with E-state index in [0.29, 0.717) is 31.2 Å². The molecule has 1 fully saturated rings. The molecule has 0 amide bonds. The van der Waals surface area contributed by atoms with Crippen molar-refractivity contribution in [3.63, 3.8) is 0 Å². The van der Waals surface area contributed by atoms with Crippen molar-refractivity contribution in [3.8, 4) is 0 Å². The fraction of sp³-hybridized carbons (Fsp3) is 0.429. The van der Waals surface area contributed by atoms with Gasteiger partial charge in [-0.1, -0.05) is 48.5 Å². The molecule has 0 aromatic heterocycles. The van der Waals surface area contributed by atoms with Gasteiger partial charge >= 0.3 is 0 Å². The molecule has 3 nitrogen and oxygen atoms in total. The van der Waals surface area contributed by atoms with E-state index in [2.05, 4.69) is 21.9 Å². The molecule has 0 saturated heterocycles. The summed E-state index contributed by atoms with van der Waals surface area (Å²) in [6, 6.07) is 17.7. The Balaban J connectivity index is 1.52. The van der Waals surface area contributed by atoms with E-state index < -0.39 is 6.10 Å². The van der Waals surface area contributed by atoms with Crippen LogP contribution in [-0.2, 0) is 13.1 Å². The number of hydrogen-bond acceptors (Lipinski definition) is 3. The maximum atomic E-state index is 13.9. The van der Waals surface area contributed by atoms with Crippen LogP contribution >= 0.6 is 0 Å². The summed E-state index contributed by atoms with van der Waals surface area (Å²) < 4.78 is 13.9. The summed E-state index contributed by atoms with van der Waals surface area (Å²) in [5.74, 6) is -0.163. The van der Waals surface area contributed by atoms with Crippen LogP contribution in [0.3, 0.4) is 0 Å². The van der Waals surface area contributed by atoms with Gasteiger partial charge < -0.3 is 5.11 Å². The van der Waals surface area contributed by atoms with Crippen molar-refractivity contribution < 1.29 is 9.50 Å². The molecule has 0 spiro atoms. The first kappa shape index (κ1) is 18.1. The van der Waals surface area contributed by atoms with Crippen LogP contribution in [0.1, 0.15) is 24.0 Å². The highest BCUT2D eigenvalue weighted by Gasteiger charge is 2.30. The minimum Gasteiger partial charge on any atom is -0.390 e. The van der Waals surface area contributed by atoms with Gasteiger partial charge in [0.05, 0.1) is 6.10 Å². The zero-order chi connectivity index (χ0) is 17.6. The zero-order valence-electron chi connectivity index (χ0n) is 14.8. The number of nitrogens with zero attached hydrogens (tertiary/aromatic N) is 2. The zero-order valence-corrected chi connectivity index (χ0v) is 14.8. The van der Waals surface area contributed by atoms with Crippen molar-refractivity contribution in [2.45, 2.75) is 38.1 Å². The van der Waals surface area contributed by atoms with Crippen LogP contribution in [0.2, 0.25) is 0 Å². The highest BCUT2D eigenvalue weighted by molar-refractivity contribution is 5.17. The molecule has 25 heavy (non-hydrogen) atoms. The highest BCUT2D eigenvalue weighted by Crippen LogP contribution is 2.29. The molecule has 0 aliphatic heterocycles.